The standard InChI is InChI=1S/C32H28Cl2N2O3/c1-20(2)36(23-10-4-3-5-11-23)29(37)19-39-32(38)30-24-12-6-7-14-28(24)35-31-22(9-8-13-25(30)31)17-21-15-16-26(33)27(34)18-21/h3-7,10-12,14-18,20H,8-9,13,19H2,1-2H3/b22-17-. The molecule has 0 radical (unpaired) electrons. The molecule has 1 amide bonds. The fourth-order valence-corrected chi connectivity index (χ4v) is 5.41. The van der Waals surface area contributed by atoms with E-state index in [0.717, 1.165) is 40.9 Å². The highest BCUT2D eigenvalue weighted by molar-refractivity contribution is 6.42. The summed E-state index contributed by atoms with van der Waals surface area (Å²) in [5.41, 5.74) is 5.47. The minimum Gasteiger partial charge on any atom is -0.452 e. The van der Waals surface area contributed by atoms with Crippen molar-refractivity contribution in [2.24, 2.45) is 0 Å². The van der Waals surface area contributed by atoms with Gasteiger partial charge in [0.05, 0.1) is 26.8 Å². The quantitative estimate of drug-likeness (QED) is 0.225. The molecule has 0 N–H and O–H groups in total. The molecule has 1 aliphatic rings. The Labute approximate surface area is 238 Å². The Morgan fingerprint density at radius 1 is 0.974 bits per heavy atom. The minimum atomic E-state index is -0.522. The first-order valence-corrected chi connectivity index (χ1v) is 13.7. The van der Waals surface area contributed by atoms with E-state index in [4.69, 9.17) is 32.9 Å². The van der Waals surface area contributed by atoms with Gasteiger partial charge in [0.2, 0.25) is 0 Å². The van der Waals surface area contributed by atoms with Gasteiger partial charge in [-0.2, -0.15) is 0 Å². The number of esters is 1. The number of hydrogen-bond donors (Lipinski definition) is 0. The first kappa shape index (κ1) is 26.9. The molecule has 0 bridgehead atoms. The Kier molecular flexibility index (Phi) is 8.01. The van der Waals surface area contributed by atoms with E-state index in [2.05, 4.69) is 0 Å². The largest absolute Gasteiger partial charge is 0.452 e. The molecule has 1 heterocycles. The molecule has 0 atom stereocenters. The Morgan fingerprint density at radius 3 is 2.46 bits per heavy atom. The van der Waals surface area contributed by atoms with Crippen LogP contribution in [0, 0.1) is 0 Å². The Bertz CT molecular complexity index is 1580. The van der Waals surface area contributed by atoms with E-state index in [0.29, 0.717) is 32.9 Å². The SMILES string of the molecule is CC(C)N(C(=O)COC(=O)c1c2c(nc3ccccc13)/C(=C\c1ccc(Cl)c(Cl)c1)CCC2)c1ccccc1. The smallest absolute Gasteiger partial charge is 0.339 e. The van der Waals surface area contributed by atoms with Crippen LogP contribution in [0.4, 0.5) is 5.69 Å². The van der Waals surface area contributed by atoms with Crippen LogP contribution in [0.3, 0.4) is 0 Å². The van der Waals surface area contributed by atoms with E-state index >= 15 is 0 Å². The van der Waals surface area contributed by atoms with E-state index in [1.807, 2.05) is 86.7 Å². The van der Waals surface area contributed by atoms with Crippen molar-refractivity contribution in [3.63, 3.8) is 0 Å². The van der Waals surface area contributed by atoms with Crippen molar-refractivity contribution in [2.75, 3.05) is 11.5 Å². The molecule has 3 aromatic carbocycles. The Hall–Kier alpha value is -3.67. The van der Waals surface area contributed by atoms with Crippen molar-refractivity contribution in [1.82, 2.24) is 4.98 Å². The van der Waals surface area contributed by atoms with E-state index in [1.165, 1.54) is 0 Å². The molecule has 7 heteroatoms. The van der Waals surface area contributed by atoms with Crippen molar-refractivity contribution in [3.05, 3.63) is 105 Å². The molecule has 0 fully saturated rings. The van der Waals surface area contributed by atoms with Gasteiger partial charge in [0, 0.05) is 17.1 Å². The number of amides is 1. The monoisotopic (exact) mass is 558 g/mol. The number of rotatable bonds is 6. The van der Waals surface area contributed by atoms with Crippen LogP contribution in [-0.4, -0.2) is 29.5 Å². The van der Waals surface area contributed by atoms with Gasteiger partial charge in [-0.3, -0.25) is 4.79 Å². The fourth-order valence-electron chi connectivity index (χ4n) is 5.10. The zero-order chi connectivity index (χ0) is 27.5. The molecule has 4 aromatic rings. The van der Waals surface area contributed by atoms with Crippen molar-refractivity contribution in [1.29, 1.82) is 0 Å². The van der Waals surface area contributed by atoms with Crippen LogP contribution in [-0.2, 0) is 16.0 Å². The summed E-state index contributed by atoms with van der Waals surface area (Å²) in [5.74, 6) is -0.803. The van der Waals surface area contributed by atoms with Crippen LogP contribution in [0.25, 0.3) is 22.6 Å². The zero-order valence-electron chi connectivity index (χ0n) is 21.8. The van der Waals surface area contributed by atoms with Crippen LogP contribution >= 0.6 is 23.2 Å². The molecule has 0 saturated heterocycles. The van der Waals surface area contributed by atoms with E-state index < -0.39 is 5.97 Å². The van der Waals surface area contributed by atoms with Gasteiger partial charge >= 0.3 is 5.97 Å². The second-order valence-electron chi connectivity index (χ2n) is 9.80. The lowest BCUT2D eigenvalue weighted by molar-refractivity contribution is -0.122. The Balaban J connectivity index is 1.50. The molecular weight excluding hydrogens is 531 g/mol. The van der Waals surface area contributed by atoms with Gasteiger partial charge < -0.3 is 9.64 Å². The second-order valence-corrected chi connectivity index (χ2v) is 10.6. The number of allylic oxidation sites excluding steroid dienone is 1. The van der Waals surface area contributed by atoms with Gasteiger partial charge in [-0.25, -0.2) is 9.78 Å². The lowest BCUT2D eigenvalue weighted by Gasteiger charge is -2.27. The number of para-hydroxylation sites is 2. The number of pyridine rings is 1. The number of ether oxygens (including phenoxy) is 1. The molecule has 5 rings (SSSR count). The molecule has 0 aliphatic heterocycles. The molecule has 0 unspecified atom stereocenters. The summed E-state index contributed by atoms with van der Waals surface area (Å²) >= 11 is 12.4. The fraction of sp³-hybridized carbons (Fsp3) is 0.219. The number of carbonyl (C=O) groups excluding carboxylic acids is 2. The minimum absolute atomic E-state index is 0.0952. The van der Waals surface area contributed by atoms with Gasteiger partial charge in [0.15, 0.2) is 6.61 Å². The zero-order valence-corrected chi connectivity index (χ0v) is 23.3. The van der Waals surface area contributed by atoms with Gasteiger partial charge in [0.1, 0.15) is 0 Å². The number of fused-ring (bicyclic) bond motifs is 2. The third kappa shape index (κ3) is 5.70. The summed E-state index contributed by atoms with van der Waals surface area (Å²) in [6.07, 6.45) is 4.40. The van der Waals surface area contributed by atoms with E-state index in [9.17, 15) is 9.59 Å². The summed E-state index contributed by atoms with van der Waals surface area (Å²) < 4.78 is 5.69. The van der Waals surface area contributed by atoms with Gasteiger partial charge in [-0.1, -0.05) is 65.7 Å². The van der Waals surface area contributed by atoms with Crippen molar-refractivity contribution >= 4 is 63.3 Å². The summed E-state index contributed by atoms with van der Waals surface area (Å²) in [4.78, 5) is 33.4. The molecular formula is C32H28Cl2N2O3. The average molecular weight is 559 g/mol. The predicted octanol–water partition coefficient (Wildman–Crippen LogP) is 8.02. The Morgan fingerprint density at radius 2 is 1.72 bits per heavy atom. The number of carbonyl (C=O) groups is 2. The predicted molar refractivity (Wildman–Crippen MR) is 158 cm³/mol. The third-order valence-electron chi connectivity index (χ3n) is 6.81. The molecule has 198 valence electrons. The first-order valence-electron chi connectivity index (χ1n) is 13.0. The molecule has 1 aliphatic carbocycles. The summed E-state index contributed by atoms with van der Waals surface area (Å²) in [7, 11) is 0. The van der Waals surface area contributed by atoms with Crippen LogP contribution in [0.5, 0.6) is 0 Å². The van der Waals surface area contributed by atoms with Gasteiger partial charge in [0.25, 0.3) is 5.91 Å². The number of benzene rings is 3. The molecule has 39 heavy (non-hydrogen) atoms. The molecule has 1 aromatic heterocycles. The first-order chi connectivity index (χ1) is 18.8. The average Bonchev–Trinajstić information content (AvgIpc) is 2.93. The van der Waals surface area contributed by atoms with Crippen molar-refractivity contribution < 1.29 is 14.3 Å². The van der Waals surface area contributed by atoms with Crippen LogP contribution in [0.2, 0.25) is 10.0 Å². The summed E-state index contributed by atoms with van der Waals surface area (Å²) in [5, 5.41) is 1.69. The molecule has 5 nitrogen and oxygen atoms in total. The van der Waals surface area contributed by atoms with Crippen LogP contribution < -0.4 is 4.90 Å². The summed E-state index contributed by atoms with van der Waals surface area (Å²) in [6.45, 7) is 3.51. The number of halogens is 2. The highest BCUT2D eigenvalue weighted by Crippen LogP contribution is 2.37. The number of aromatic nitrogens is 1. The molecule has 0 saturated carbocycles. The van der Waals surface area contributed by atoms with Gasteiger partial charge in [-0.05, 0) is 86.2 Å². The van der Waals surface area contributed by atoms with Crippen molar-refractivity contribution in [3.8, 4) is 0 Å². The van der Waals surface area contributed by atoms with E-state index in [-0.39, 0.29) is 18.6 Å². The lowest BCUT2D eigenvalue weighted by atomic mass is 9.86. The number of anilines is 1. The van der Waals surface area contributed by atoms with Crippen LogP contribution in [0.1, 0.15) is 53.9 Å². The molecule has 0 spiro atoms. The maximum atomic E-state index is 13.6. The third-order valence-corrected chi connectivity index (χ3v) is 7.54. The van der Waals surface area contributed by atoms with Crippen LogP contribution in [0.15, 0.2) is 72.8 Å². The highest BCUT2D eigenvalue weighted by Gasteiger charge is 2.27. The maximum absolute atomic E-state index is 13.6. The number of hydrogen-bond acceptors (Lipinski definition) is 4. The second kappa shape index (κ2) is 11.6. The highest BCUT2D eigenvalue weighted by atomic mass is 35.5. The maximum Gasteiger partial charge on any atom is 0.339 e. The normalized spacial score (nSPS) is 13.9. The van der Waals surface area contributed by atoms with Crippen molar-refractivity contribution in [2.45, 2.75) is 39.2 Å². The summed E-state index contributed by atoms with van der Waals surface area (Å²) in [6, 6.07) is 22.3. The van der Waals surface area contributed by atoms with Gasteiger partial charge in [-0.15, -0.1) is 0 Å². The topological polar surface area (TPSA) is 59.5 Å². The lowest BCUT2D eigenvalue weighted by Crippen LogP contribution is -2.40. The van der Waals surface area contributed by atoms with E-state index in [1.54, 1.807) is 11.0 Å². The number of nitrogens with zero attached hydrogens (tertiary/aromatic N) is 2.